The summed E-state index contributed by atoms with van der Waals surface area (Å²) < 4.78 is 0.951. The van der Waals surface area contributed by atoms with Gasteiger partial charge in [0.25, 0.3) is 0 Å². The molecule has 0 aromatic carbocycles. The highest BCUT2D eigenvalue weighted by molar-refractivity contribution is 6.31. The van der Waals surface area contributed by atoms with Crippen LogP contribution >= 0.6 is 11.6 Å². The van der Waals surface area contributed by atoms with Gasteiger partial charge in [-0.1, -0.05) is 18.5 Å². The van der Waals surface area contributed by atoms with Crippen LogP contribution in [0.4, 0.5) is 0 Å². The van der Waals surface area contributed by atoms with E-state index in [9.17, 15) is 5.21 Å². The van der Waals surface area contributed by atoms with Crippen LogP contribution in [-0.4, -0.2) is 0 Å². The van der Waals surface area contributed by atoms with Crippen LogP contribution in [-0.2, 0) is 12.8 Å². The van der Waals surface area contributed by atoms with Crippen LogP contribution in [0.5, 0.6) is 0 Å². The van der Waals surface area contributed by atoms with Gasteiger partial charge in [0.05, 0.1) is 5.02 Å². The summed E-state index contributed by atoms with van der Waals surface area (Å²) in [6.07, 6.45) is 4.39. The van der Waals surface area contributed by atoms with Crippen LogP contribution in [0, 0.1) is 11.1 Å². The third-order valence-corrected chi connectivity index (χ3v) is 3.04. The second-order valence-corrected chi connectivity index (χ2v) is 4.17. The van der Waals surface area contributed by atoms with E-state index < -0.39 is 0 Å². The van der Waals surface area contributed by atoms with E-state index >= 15 is 0 Å². The first-order chi connectivity index (χ1) is 6.18. The molecule has 0 radical (unpaired) electrons. The lowest BCUT2D eigenvalue weighted by Gasteiger charge is -2.20. The van der Waals surface area contributed by atoms with Gasteiger partial charge in [-0.15, -0.1) is 0 Å². The van der Waals surface area contributed by atoms with Gasteiger partial charge >= 0.3 is 0 Å². The predicted octanol–water partition coefficient (Wildman–Crippen LogP) is 2.10. The predicted molar refractivity (Wildman–Crippen MR) is 51.6 cm³/mol. The van der Waals surface area contributed by atoms with Crippen LogP contribution in [0.2, 0.25) is 5.02 Å². The second-order valence-electron chi connectivity index (χ2n) is 3.76. The van der Waals surface area contributed by atoms with Gasteiger partial charge in [0.1, 0.15) is 0 Å². The van der Waals surface area contributed by atoms with Gasteiger partial charge in [-0.3, -0.25) is 0 Å². The number of rotatable bonds is 0. The summed E-state index contributed by atoms with van der Waals surface area (Å²) in [4.78, 5) is 0. The van der Waals surface area contributed by atoms with Crippen LogP contribution in [0.25, 0.3) is 0 Å². The van der Waals surface area contributed by atoms with E-state index in [2.05, 4.69) is 6.92 Å². The standard InChI is InChI=1S/C10H12ClNO/c1-7-2-3-10-8(6-7)9(11)4-5-12(10)13/h4-5,7H,2-3,6H2,1H3. The number of hydrogen-bond acceptors (Lipinski definition) is 1. The highest BCUT2D eigenvalue weighted by Crippen LogP contribution is 2.27. The molecule has 0 amide bonds. The van der Waals surface area contributed by atoms with Gasteiger partial charge in [0.15, 0.2) is 11.9 Å². The van der Waals surface area contributed by atoms with Crippen molar-refractivity contribution in [2.45, 2.75) is 26.2 Å². The van der Waals surface area contributed by atoms with Gasteiger partial charge in [-0.2, -0.15) is 4.73 Å². The average Bonchev–Trinajstić information content (AvgIpc) is 2.12. The van der Waals surface area contributed by atoms with E-state index in [1.165, 1.54) is 6.20 Å². The summed E-state index contributed by atoms with van der Waals surface area (Å²) in [5.41, 5.74) is 1.92. The van der Waals surface area contributed by atoms with Crippen LogP contribution in [0.15, 0.2) is 12.3 Å². The van der Waals surface area contributed by atoms with Crippen molar-refractivity contribution < 1.29 is 4.73 Å². The minimum atomic E-state index is 0.646. The Kier molecular flexibility index (Phi) is 2.16. The Hall–Kier alpha value is -0.760. The maximum atomic E-state index is 11.4. The zero-order valence-electron chi connectivity index (χ0n) is 7.59. The smallest absolute Gasteiger partial charge is 0.197 e. The molecule has 13 heavy (non-hydrogen) atoms. The quantitative estimate of drug-likeness (QED) is 0.462. The maximum Gasteiger partial charge on any atom is 0.197 e. The van der Waals surface area contributed by atoms with E-state index in [-0.39, 0.29) is 0 Å². The van der Waals surface area contributed by atoms with Crippen molar-refractivity contribution in [3.8, 4) is 0 Å². The summed E-state index contributed by atoms with van der Waals surface area (Å²) in [5, 5.41) is 12.1. The molecule has 0 fully saturated rings. The molecule has 2 nitrogen and oxygen atoms in total. The minimum Gasteiger partial charge on any atom is -0.618 e. The number of halogens is 1. The fourth-order valence-corrected chi connectivity index (χ4v) is 2.15. The highest BCUT2D eigenvalue weighted by Gasteiger charge is 2.23. The molecule has 2 rings (SSSR count). The first-order valence-electron chi connectivity index (χ1n) is 4.58. The molecule has 1 heterocycles. The monoisotopic (exact) mass is 197 g/mol. The maximum absolute atomic E-state index is 11.4. The topological polar surface area (TPSA) is 26.9 Å². The van der Waals surface area contributed by atoms with Crippen LogP contribution in [0.3, 0.4) is 0 Å². The van der Waals surface area contributed by atoms with Crippen LogP contribution in [0.1, 0.15) is 24.6 Å². The molecule has 0 saturated carbocycles. The van der Waals surface area contributed by atoms with Crippen molar-refractivity contribution >= 4 is 11.6 Å². The molecule has 0 saturated heterocycles. The zero-order valence-corrected chi connectivity index (χ0v) is 8.34. The molecule has 70 valence electrons. The Morgan fingerprint density at radius 1 is 1.62 bits per heavy atom. The molecule has 1 unspecified atom stereocenters. The third-order valence-electron chi connectivity index (χ3n) is 2.69. The second kappa shape index (κ2) is 3.18. The largest absolute Gasteiger partial charge is 0.618 e. The third kappa shape index (κ3) is 1.51. The number of pyridine rings is 1. The molecule has 1 aliphatic carbocycles. The Morgan fingerprint density at radius 3 is 3.15 bits per heavy atom. The Morgan fingerprint density at radius 2 is 2.38 bits per heavy atom. The van der Waals surface area contributed by atoms with Gasteiger partial charge in [-0.25, -0.2) is 0 Å². The molecule has 0 N–H and O–H groups in total. The summed E-state index contributed by atoms with van der Waals surface area (Å²) in [6, 6.07) is 1.69. The molecule has 0 aliphatic heterocycles. The molecule has 0 bridgehead atoms. The molecule has 1 aromatic rings. The molecule has 0 spiro atoms. The summed E-state index contributed by atoms with van der Waals surface area (Å²) in [7, 11) is 0. The highest BCUT2D eigenvalue weighted by atomic mass is 35.5. The van der Waals surface area contributed by atoms with E-state index in [0.717, 1.165) is 40.3 Å². The molecule has 3 heteroatoms. The fourth-order valence-electron chi connectivity index (χ4n) is 1.90. The summed E-state index contributed by atoms with van der Waals surface area (Å²) in [6.45, 7) is 2.20. The Balaban J connectivity index is 2.51. The van der Waals surface area contributed by atoms with Crippen LogP contribution < -0.4 is 4.73 Å². The first-order valence-corrected chi connectivity index (χ1v) is 4.95. The lowest BCUT2D eigenvalue weighted by molar-refractivity contribution is -0.615. The fraction of sp³-hybridized carbons (Fsp3) is 0.500. The van der Waals surface area contributed by atoms with Gasteiger partial charge < -0.3 is 5.21 Å². The summed E-state index contributed by atoms with van der Waals surface area (Å²) >= 11 is 6.03. The van der Waals surface area contributed by atoms with E-state index in [4.69, 9.17) is 11.6 Å². The van der Waals surface area contributed by atoms with Crippen molar-refractivity contribution in [2.75, 3.05) is 0 Å². The van der Waals surface area contributed by atoms with Crippen molar-refractivity contribution in [1.29, 1.82) is 0 Å². The van der Waals surface area contributed by atoms with E-state index in [1.807, 2.05) is 0 Å². The molecular formula is C10H12ClNO. The number of fused-ring (bicyclic) bond motifs is 1. The van der Waals surface area contributed by atoms with Gasteiger partial charge in [-0.05, 0) is 18.8 Å². The lowest BCUT2D eigenvalue weighted by Crippen LogP contribution is -2.35. The molecule has 1 aromatic heterocycles. The number of nitrogens with zero attached hydrogens (tertiary/aromatic N) is 1. The number of aromatic nitrogens is 1. The molecule has 1 aliphatic rings. The number of hydrogen-bond donors (Lipinski definition) is 0. The van der Waals surface area contributed by atoms with E-state index in [1.54, 1.807) is 6.07 Å². The van der Waals surface area contributed by atoms with Crippen molar-refractivity contribution in [3.05, 3.63) is 33.8 Å². The minimum absolute atomic E-state index is 0.646. The normalized spacial score (nSPS) is 21.2. The first kappa shape index (κ1) is 8.82. The van der Waals surface area contributed by atoms with Crippen molar-refractivity contribution in [3.63, 3.8) is 0 Å². The zero-order chi connectivity index (χ0) is 9.42. The average molecular weight is 198 g/mol. The molecular weight excluding hydrogens is 186 g/mol. The molecule has 1 atom stereocenters. The van der Waals surface area contributed by atoms with Crippen molar-refractivity contribution in [1.82, 2.24) is 0 Å². The SMILES string of the molecule is CC1CCc2c(c(Cl)cc[n+]2[O-])C1. The Bertz CT molecular complexity index is 338. The Labute approximate surface area is 82.7 Å². The summed E-state index contributed by atoms with van der Waals surface area (Å²) in [5.74, 6) is 0.646. The van der Waals surface area contributed by atoms with E-state index in [0.29, 0.717) is 5.92 Å². The van der Waals surface area contributed by atoms with Crippen molar-refractivity contribution in [2.24, 2.45) is 5.92 Å². The van der Waals surface area contributed by atoms with Gasteiger partial charge in [0.2, 0.25) is 0 Å². The lowest BCUT2D eigenvalue weighted by atomic mass is 9.88. The van der Waals surface area contributed by atoms with Gasteiger partial charge in [0, 0.05) is 18.1 Å².